The number of carbonyl (C=O) groups excluding carboxylic acids is 2. The molecule has 0 atom stereocenters. The fourth-order valence-corrected chi connectivity index (χ4v) is 3.10. The summed E-state index contributed by atoms with van der Waals surface area (Å²) < 4.78 is 0. The summed E-state index contributed by atoms with van der Waals surface area (Å²) in [7, 11) is 0. The summed E-state index contributed by atoms with van der Waals surface area (Å²) in [5, 5.41) is 2.95. The number of amides is 2. The Bertz CT molecular complexity index is 873. The van der Waals surface area contributed by atoms with E-state index in [0.717, 1.165) is 22.5 Å². The number of hydrogen-bond acceptors (Lipinski definition) is 5. The highest BCUT2D eigenvalue weighted by atomic mass is 16.2. The number of nitrogens with zero attached hydrogens (tertiary/aromatic N) is 4. The Kier molecular flexibility index (Phi) is 5.39. The molecule has 1 aromatic heterocycles. The Hall–Kier alpha value is -2.96. The predicted molar refractivity (Wildman–Crippen MR) is 105 cm³/mol. The van der Waals surface area contributed by atoms with E-state index in [1.54, 1.807) is 17.9 Å². The topological polar surface area (TPSA) is 78.4 Å². The summed E-state index contributed by atoms with van der Waals surface area (Å²) in [6.45, 7) is 10.0. The summed E-state index contributed by atoms with van der Waals surface area (Å²) in [5.74, 6) is 0.357. The number of rotatable bonds is 3. The van der Waals surface area contributed by atoms with Crippen LogP contribution in [0.4, 0.5) is 11.6 Å². The molecule has 1 aliphatic rings. The van der Waals surface area contributed by atoms with E-state index in [1.165, 1.54) is 0 Å². The molecule has 1 saturated heterocycles. The second-order valence-electron chi connectivity index (χ2n) is 6.89. The third-order valence-corrected chi connectivity index (χ3v) is 4.94. The lowest BCUT2D eigenvalue weighted by molar-refractivity contribution is -0.129. The number of aromatic nitrogens is 2. The molecule has 2 heterocycles. The van der Waals surface area contributed by atoms with Crippen molar-refractivity contribution < 1.29 is 9.59 Å². The molecule has 2 amide bonds. The van der Waals surface area contributed by atoms with E-state index >= 15 is 0 Å². The third-order valence-electron chi connectivity index (χ3n) is 4.94. The Labute approximate surface area is 159 Å². The molecule has 1 fully saturated rings. The summed E-state index contributed by atoms with van der Waals surface area (Å²) in [6.07, 6.45) is 0. The van der Waals surface area contributed by atoms with Gasteiger partial charge < -0.3 is 15.1 Å². The minimum atomic E-state index is -0.252. The lowest BCUT2D eigenvalue weighted by atomic mass is 10.1. The number of hydrogen-bond donors (Lipinski definition) is 1. The van der Waals surface area contributed by atoms with Crippen LogP contribution in [0.5, 0.6) is 0 Å². The van der Waals surface area contributed by atoms with Gasteiger partial charge in [0, 0.05) is 44.5 Å². The molecule has 0 radical (unpaired) electrons. The number of anilines is 2. The number of nitrogens with one attached hydrogen (secondary N) is 1. The van der Waals surface area contributed by atoms with Crippen LogP contribution in [0.3, 0.4) is 0 Å². The zero-order valence-electron chi connectivity index (χ0n) is 16.2. The van der Waals surface area contributed by atoms with Crippen LogP contribution in [-0.4, -0.2) is 52.9 Å². The molecule has 1 aromatic carbocycles. The highest BCUT2D eigenvalue weighted by Crippen LogP contribution is 2.19. The smallest absolute Gasteiger partial charge is 0.274 e. The first-order valence-electron chi connectivity index (χ1n) is 9.09. The zero-order valence-corrected chi connectivity index (χ0v) is 16.2. The molecule has 0 aliphatic carbocycles. The van der Waals surface area contributed by atoms with Gasteiger partial charge in [0.25, 0.3) is 5.91 Å². The SMILES string of the molecule is CC(=O)N1CCN(c2nc(C)cc(C(=O)Nc3cccc(C)c3C)n2)CC1. The van der Waals surface area contributed by atoms with Crippen molar-refractivity contribution in [3.05, 3.63) is 46.8 Å². The van der Waals surface area contributed by atoms with Gasteiger partial charge in [-0.15, -0.1) is 0 Å². The number of carbonyl (C=O) groups is 2. The van der Waals surface area contributed by atoms with Crippen LogP contribution >= 0.6 is 0 Å². The van der Waals surface area contributed by atoms with Crippen LogP contribution < -0.4 is 10.2 Å². The zero-order chi connectivity index (χ0) is 19.6. The molecular formula is C20H25N5O2. The maximum Gasteiger partial charge on any atom is 0.274 e. The third kappa shape index (κ3) is 4.24. The normalized spacial score (nSPS) is 14.2. The molecule has 7 heteroatoms. The maximum atomic E-state index is 12.7. The van der Waals surface area contributed by atoms with E-state index in [2.05, 4.69) is 15.3 Å². The van der Waals surface area contributed by atoms with Crippen LogP contribution in [0.2, 0.25) is 0 Å². The molecule has 3 rings (SSSR count). The van der Waals surface area contributed by atoms with E-state index in [9.17, 15) is 9.59 Å². The fraction of sp³-hybridized carbons (Fsp3) is 0.400. The fourth-order valence-electron chi connectivity index (χ4n) is 3.10. The summed E-state index contributed by atoms with van der Waals surface area (Å²) >= 11 is 0. The van der Waals surface area contributed by atoms with Crippen molar-refractivity contribution >= 4 is 23.5 Å². The van der Waals surface area contributed by atoms with Crippen LogP contribution in [0.1, 0.15) is 34.2 Å². The largest absolute Gasteiger partial charge is 0.339 e. The van der Waals surface area contributed by atoms with E-state index in [-0.39, 0.29) is 11.8 Å². The Morgan fingerprint density at radius 1 is 1.04 bits per heavy atom. The molecule has 1 aliphatic heterocycles. The molecule has 2 aromatic rings. The lowest BCUT2D eigenvalue weighted by Crippen LogP contribution is -2.48. The highest BCUT2D eigenvalue weighted by molar-refractivity contribution is 6.03. The van der Waals surface area contributed by atoms with Gasteiger partial charge >= 0.3 is 0 Å². The van der Waals surface area contributed by atoms with Gasteiger partial charge in [-0.05, 0) is 44.0 Å². The first kappa shape index (κ1) is 18.8. The molecule has 27 heavy (non-hydrogen) atoms. The minimum Gasteiger partial charge on any atom is -0.339 e. The Balaban J connectivity index is 1.78. The van der Waals surface area contributed by atoms with Gasteiger partial charge in [0.2, 0.25) is 11.9 Å². The highest BCUT2D eigenvalue weighted by Gasteiger charge is 2.22. The molecule has 142 valence electrons. The van der Waals surface area contributed by atoms with E-state index in [1.807, 2.05) is 43.9 Å². The molecule has 0 bridgehead atoms. The number of aryl methyl sites for hydroxylation is 2. The Morgan fingerprint density at radius 3 is 2.41 bits per heavy atom. The molecular weight excluding hydrogens is 342 g/mol. The van der Waals surface area contributed by atoms with Crippen molar-refractivity contribution in [1.29, 1.82) is 0 Å². The number of benzene rings is 1. The van der Waals surface area contributed by atoms with Crippen LogP contribution in [0.15, 0.2) is 24.3 Å². The lowest BCUT2D eigenvalue weighted by Gasteiger charge is -2.34. The summed E-state index contributed by atoms with van der Waals surface area (Å²) in [5.41, 5.74) is 4.02. The monoisotopic (exact) mass is 367 g/mol. The van der Waals surface area contributed by atoms with Gasteiger partial charge in [-0.25, -0.2) is 9.97 Å². The van der Waals surface area contributed by atoms with Crippen LogP contribution in [0, 0.1) is 20.8 Å². The van der Waals surface area contributed by atoms with E-state index < -0.39 is 0 Å². The van der Waals surface area contributed by atoms with E-state index in [4.69, 9.17) is 0 Å². The summed E-state index contributed by atoms with van der Waals surface area (Å²) in [6, 6.07) is 7.51. The average molecular weight is 367 g/mol. The van der Waals surface area contributed by atoms with Gasteiger partial charge in [-0.3, -0.25) is 9.59 Å². The first-order valence-corrected chi connectivity index (χ1v) is 9.09. The molecule has 0 saturated carbocycles. The van der Waals surface area contributed by atoms with Gasteiger partial charge in [-0.2, -0.15) is 0 Å². The second-order valence-corrected chi connectivity index (χ2v) is 6.89. The van der Waals surface area contributed by atoms with Crippen molar-refractivity contribution in [2.45, 2.75) is 27.7 Å². The predicted octanol–water partition coefficient (Wildman–Crippen LogP) is 2.32. The van der Waals surface area contributed by atoms with Crippen LogP contribution in [-0.2, 0) is 4.79 Å². The molecule has 0 spiro atoms. The minimum absolute atomic E-state index is 0.0772. The second kappa shape index (κ2) is 7.73. The summed E-state index contributed by atoms with van der Waals surface area (Å²) in [4.78, 5) is 37.0. The van der Waals surface area contributed by atoms with Gasteiger partial charge in [0.15, 0.2) is 0 Å². The quantitative estimate of drug-likeness (QED) is 0.901. The van der Waals surface area contributed by atoms with Crippen LogP contribution in [0.25, 0.3) is 0 Å². The van der Waals surface area contributed by atoms with Gasteiger partial charge in [0.1, 0.15) is 5.69 Å². The van der Waals surface area contributed by atoms with Crippen molar-refractivity contribution in [2.75, 3.05) is 36.4 Å². The molecule has 1 N–H and O–H groups in total. The standard InChI is InChI=1S/C20H25N5O2/c1-13-6-5-7-17(15(13)3)22-19(27)18-12-14(2)21-20(23-18)25-10-8-24(9-11-25)16(4)26/h5-7,12H,8-11H2,1-4H3,(H,22,27). The molecule has 7 nitrogen and oxygen atoms in total. The van der Waals surface area contributed by atoms with Crippen molar-refractivity contribution in [3.63, 3.8) is 0 Å². The van der Waals surface area contributed by atoms with E-state index in [0.29, 0.717) is 37.8 Å². The van der Waals surface area contributed by atoms with Crippen molar-refractivity contribution in [2.24, 2.45) is 0 Å². The maximum absolute atomic E-state index is 12.7. The van der Waals surface area contributed by atoms with Gasteiger partial charge in [0.05, 0.1) is 0 Å². The molecule has 0 unspecified atom stereocenters. The van der Waals surface area contributed by atoms with Crippen molar-refractivity contribution in [1.82, 2.24) is 14.9 Å². The van der Waals surface area contributed by atoms with Crippen molar-refractivity contribution in [3.8, 4) is 0 Å². The first-order chi connectivity index (χ1) is 12.8. The average Bonchev–Trinajstić information content (AvgIpc) is 2.65. The number of piperazine rings is 1. The Morgan fingerprint density at radius 2 is 1.74 bits per heavy atom. The van der Waals surface area contributed by atoms with Gasteiger partial charge in [-0.1, -0.05) is 12.1 Å².